The summed E-state index contributed by atoms with van der Waals surface area (Å²) >= 11 is 0. The van der Waals surface area contributed by atoms with Gasteiger partial charge in [-0.15, -0.1) is 0 Å². The SMILES string of the molecule is O=C(OCC(=O)N1CCN(c2ccccc2)CC1)c1ccccc1N1CCCC1=O. The van der Waals surface area contributed by atoms with E-state index in [1.54, 1.807) is 34.1 Å². The molecule has 0 atom stereocenters. The number of anilines is 2. The standard InChI is InChI=1S/C23H25N3O4/c27-21-11-6-12-26(21)20-10-5-4-9-19(20)23(29)30-17-22(28)25-15-13-24(14-16-25)18-7-2-1-3-8-18/h1-5,7-10H,6,11-17H2. The van der Waals surface area contributed by atoms with E-state index in [-0.39, 0.29) is 18.4 Å². The summed E-state index contributed by atoms with van der Waals surface area (Å²) in [6, 6.07) is 17.0. The lowest BCUT2D eigenvalue weighted by atomic mass is 10.1. The van der Waals surface area contributed by atoms with Crippen molar-refractivity contribution in [3.8, 4) is 0 Å². The molecular weight excluding hydrogens is 382 g/mol. The molecule has 7 nitrogen and oxygen atoms in total. The number of ether oxygens (including phenoxy) is 1. The van der Waals surface area contributed by atoms with Crippen molar-refractivity contribution in [2.45, 2.75) is 12.8 Å². The molecule has 0 aliphatic carbocycles. The first-order valence-electron chi connectivity index (χ1n) is 10.3. The van der Waals surface area contributed by atoms with Crippen LogP contribution in [0.5, 0.6) is 0 Å². The van der Waals surface area contributed by atoms with Gasteiger partial charge in [-0.25, -0.2) is 4.79 Å². The van der Waals surface area contributed by atoms with Gasteiger partial charge in [-0.1, -0.05) is 30.3 Å². The summed E-state index contributed by atoms with van der Waals surface area (Å²) in [7, 11) is 0. The molecule has 0 N–H and O–H groups in total. The lowest BCUT2D eigenvalue weighted by molar-refractivity contribution is -0.134. The normalized spacial score (nSPS) is 16.7. The van der Waals surface area contributed by atoms with Gasteiger partial charge in [-0.2, -0.15) is 0 Å². The molecule has 0 bridgehead atoms. The summed E-state index contributed by atoms with van der Waals surface area (Å²) in [5, 5.41) is 0. The van der Waals surface area contributed by atoms with E-state index in [1.807, 2.05) is 18.2 Å². The number of nitrogens with zero attached hydrogens (tertiary/aromatic N) is 3. The Labute approximate surface area is 175 Å². The lowest BCUT2D eigenvalue weighted by Crippen LogP contribution is -2.49. The van der Waals surface area contributed by atoms with E-state index in [0.29, 0.717) is 37.3 Å². The van der Waals surface area contributed by atoms with Gasteiger partial charge in [0, 0.05) is 44.8 Å². The third kappa shape index (κ3) is 4.30. The van der Waals surface area contributed by atoms with Gasteiger partial charge in [-0.3, -0.25) is 9.59 Å². The van der Waals surface area contributed by atoms with Crippen LogP contribution in [0.15, 0.2) is 54.6 Å². The summed E-state index contributed by atoms with van der Waals surface area (Å²) in [5.41, 5.74) is 2.01. The second kappa shape index (κ2) is 8.98. The van der Waals surface area contributed by atoms with E-state index in [4.69, 9.17) is 4.74 Å². The maximum absolute atomic E-state index is 12.6. The number of hydrogen-bond donors (Lipinski definition) is 0. The van der Waals surface area contributed by atoms with Crippen molar-refractivity contribution >= 4 is 29.2 Å². The first-order valence-corrected chi connectivity index (χ1v) is 10.3. The van der Waals surface area contributed by atoms with Crippen LogP contribution in [0.4, 0.5) is 11.4 Å². The lowest BCUT2D eigenvalue weighted by Gasteiger charge is -2.36. The van der Waals surface area contributed by atoms with Crippen molar-refractivity contribution in [1.29, 1.82) is 0 Å². The van der Waals surface area contributed by atoms with Crippen LogP contribution < -0.4 is 9.80 Å². The molecule has 2 heterocycles. The van der Waals surface area contributed by atoms with Crippen LogP contribution in [0.3, 0.4) is 0 Å². The zero-order valence-electron chi connectivity index (χ0n) is 16.8. The summed E-state index contributed by atoms with van der Waals surface area (Å²) in [5.74, 6) is -0.782. The van der Waals surface area contributed by atoms with Gasteiger partial charge >= 0.3 is 5.97 Å². The van der Waals surface area contributed by atoms with Crippen molar-refractivity contribution in [3.63, 3.8) is 0 Å². The average molecular weight is 407 g/mol. The number of esters is 1. The molecule has 2 amide bonds. The van der Waals surface area contributed by atoms with Crippen molar-refractivity contribution < 1.29 is 19.1 Å². The van der Waals surface area contributed by atoms with E-state index < -0.39 is 5.97 Å². The average Bonchev–Trinajstić information content (AvgIpc) is 3.23. The number of hydrogen-bond acceptors (Lipinski definition) is 5. The summed E-state index contributed by atoms with van der Waals surface area (Å²) < 4.78 is 5.31. The molecule has 0 spiro atoms. The molecule has 0 aromatic heterocycles. The van der Waals surface area contributed by atoms with E-state index in [0.717, 1.165) is 25.2 Å². The minimum atomic E-state index is -0.582. The second-order valence-corrected chi connectivity index (χ2v) is 7.45. The fourth-order valence-electron chi connectivity index (χ4n) is 3.93. The van der Waals surface area contributed by atoms with Crippen LogP contribution in [0.1, 0.15) is 23.2 Å². The minimum Gasteiger partial charge on any atom is -0.452 e. The molecule has 2 fully saturated rings. The number of para-hydroxylation sites is 2. The van der Waals surface area contributed by atoms with Crippen molar-refractivity contribution in [2.24, 2.45) is 0 Å². The number of amides is 2. The molecule has 2 saturated heterocycles. The molecule has 2 aromatic rings. The number of carbonyl (C=O) groups is 3. The van der Waals surface area contributed by atoms with Crippen LogP contribution in [0.25, 0.3) is 0 Å². The summed E-state index contributed by atoms with van der Waals surface area (Å²) in [6.45, 7) is 2.95. The first kappa shape index (κ1) is 19.9. The highest BCUT2D eigenvalue weighted by Crippen LogP contribution is 2.26. The van der Waals surface area contributed by atoms with Gasteiger partial charge in [0.05, 0.1) is 11.3 Å². The van der Waals surface area contributed by atoms with E-state index >= 15 is 0 Å². The molecule has 0 saturated carbocycles. The van der Waals surface area contributed by atoms with Crippen LogP contribution in [0.2, 0.25) is 0 Å². The largest absolute Gasteiger partial charge is 0.452 e. The number of carbonyl (C=O) groups excluding carboxylic acids is 3. The molecule has 30 heavy (non-hydrogen) atoms. The zero-order valence-corrected chi connectivity index (χ0v) is 16.8. The molecule has 0 unspecified atom stereocenters. The van der Waals surface area contributed by atoms with Gasteiger partial charge in [-0.05, 0) is 30.7 Å². The predicted molar refractivity (Wildman–Crippen MR) is 114 cm³/mol. The summed E-state index contributed by atoms with van der Waals surface area (Å²) in [6.07, 6.45) is 1.26. The Morgan fingerprint density at radius 1 is 0.867 bits per heavy atom. The molecule has 2 aliphatic heterocycles. The fourth-order valence-corrected chi connectivity index (χ4v) is 3.93. The minimum absolute atomic E-state index is 0.00242. The number of benzene rings is 2. The first-order chi connectivity index (χ1) is 14.6. The molecule has 156 valence electrons. The highest BCUT2D eigenvalue weighted by Gasteiger charge is 2.27. The smallest absolute Gasteiger partial charge is 0.340 e. The Morgan fingerprint density at radius 3 is 2.27 bits per heavy atom. The predicted octanol–water partition coefficient (Wildman–Crippen LogP) is 2.32. The van der Waals surface area contributed by atoms with E-state index in [9.17, 15) is 14.4 Å². The topological polar surface area (TPSA) is 70.2 Å². The van der Waals surface area contributed by atoms with Crippen molar-refractivity contribution in [3.05, 3.63) is 60.2 Å². The zero-order chi connectivity index (χ0) is 20.9. The number of rotatable bonds is 5. The Kier molecular flexibility index (Phi) is 5.97. The third-order valence-electron chi connectivity index (χ3n) is 5.57. The monoisotopic (exact) mass is 407 g/mol. The number of piperazine rings is 1. The molecule has 7 heteroatoms. The highest BCUT2D eigenvalue weighted by atomic mass is 16.5. The summed E-state index contributed by atoms with van der Waals surface area (Å²) in [4.78, 5) is 42.8. The van der Waals surface area contributed by atoms with Crippen molar-refractivity contribution in [2.75, 3.05) is 49.1 Å². The van der Waals surface area contributed by atoms with Crippen LogP contribution in [0, 0.1) is 0 Å². The molecular formula is C23H25N3O4. The highest BCUT2D eigenvalue weighted by molar-refractivity contribution is 6.03. The van der Waals surface area contributed by atoms with Gasteiger partial charge in [0.1, 0.15) is 0 Å². The molecule has 4 rings (SSSR count). The fraction of sp³-hybridized carbons (Fsp3) is 0.348. The Balaban J connectivity index is 1.32. The maximum Gasteiger partial charge on any atom is 0.340 e. The quantitative estimate of drug-likeness (QED) is 0.712. The van der Waals surface area contributed by atoms with Crippen molar-refractivity contribution in [1.82, 2.24) is 4.90 Å². The molecule has 2 aromatic carbocycles. The van der Waals surface area contributed by atoms with Gasteiger partial charge < -0.3 is 19.4 Å². The van der Waals surface area contributed by atoms with Crippen LogP contribution in [-0.4, -0.2) is 62.0 Å². The molecule has 2 aliphatic rings. The van der Waals surface area contributed by atoms with E-state index in [1.165, 1.54) is 0 Å². The Hall–Kier alpha value is -3.35. The molecule has 0 radical (unpaired) electrons. The Morgan fingerprint density at radius 2 is 1.57 bits per heavy atom. The van der Waals surface area contributed by atoms with Gasteiger partial charge in [0.2, 0.25) is 5.91 Å². The maximum atomic E-state index is 12.6. The Bertz CT molecular complexity index is 923. The van der Waals surface area contributed by atoms with Crippen LogP contribution in [-0.2, 0) is 14.3 Å². The van der Waals surface area contributed by atoms with Gasteiger partial charge in [0.25, 0.3) is 5.91 Å². The van der Waals surface area contributed by atoms with Crippen LogP contribution >= 0.6 is 0 Å². The van der Waals surface area contributed by atoms with Gasteiger partial charge in [0.15, 0.2) is 6.61 Å². The van der Waals surface area contributed by atoms with E-state index in [2.05, 4.69) is 17.0 Å². The third-order valence-corrected chi connectivity index (χ3v) is 5.57. The second-order valence-electron chi connectivity index (χ2n) is 7.45.